The second-order valence-corrected chi connectivity index (χ2v) is 6.59. The molecule has 0 spiro atoms. The fourth-order valence-electron chi connectivity index (χ4n) is 2.23. The first-order chi connectivity index (χ1) is 11.9. The van der Waals surface area contributed by atoms with E-state index in [9.17, 15) is 9.59 Å². The maximum atomic E-state index is 12.3. The smallest absolute Gasteiger partial charge is 0.228 e. The van der Waals surface area contributed by atoms with Crippen molar-refractivity contribution in [3.8, 4) is 5.75 Å². The Bertz CT molecular complexity index is 779. The van der Waals surface area contributed by atoms with Crippen molar-refractivity contribution >= 4 is 50.7 Å². The number of carbonyl (C=O) groups is 2. The summed E-state index contributed by atoms with van der Waals surface area (Å²) in [4.78, 5) is 23.3. The maximum Gasteiger partial charge on any atom is 0.228 e. The summed E-state index contributed by atoms with van der Waals surface area (Å²) >= 11 is 9.44. The van der Waals surface area contributed by atoms with Crippen molar-refractivity contribution in [1.29, 1.82) is 0 Å². The van der Waals surface area contributed by atoms with E-state index in [4.69, 9.17) is 16.3 Å². The van der Waals surface area contributed by atoms with Crippen molar-refractivity contribution in [2.75, 3.05) is 17.2 Å². The van der Waals surface area contributed by atoms with E-state index in [0.717, 1.165) is 5.56 Å². The van der Waals surface area contributed by atoms with Gasteiger partial charge in [0, 0.05) is 17.6 Å². The van der Waals surface area contributed by atoms with Crippen LogP contribution in [0.1, 0.15) is 19.4 Å². The first kappa shape index (κ1) is 19.3. The zero-order valence-electron chi connectivity index (χ0n) is 13.9. The predicted molar refractivity (Wildman–Crippen MR) is 103 cm³/mol. The Labute approximate surface area is 159 Å². The lowest BCUT2D eigenvalue weighted by atomic mass is 10.1. The molecule has 0 fully saturated rings. The molecule has 0 saturated heterocycles. The molecule has 0 atom stereocenters. The van der Waals surface area contributed by atoms with Crippen LogP contribution in [0.5, 0.6) is 5.75 Å². The van der Waals surface area contributed by atoms with Gasteiger partial charge in [-0.05, 0) is 52.7 Å². The molecule has 0 radical (unpaired) electrons. The van der Waals surface area contributed by atoms with Crippen molar-refractivity contribution in [1.82, 2.24) is 0 Å². The zero-order chi connectivity index (χ0) is 18.4. The van der Waals surface area contributed by atoms with E-state index in [0.29, 0.717) is 33.2 Å². The normalized spacial score (nSPS) is 10.2. The van der Waals surface area contributed by atoms with E-state index >= 15 is 0 Å². The Hall–Kier alpha value is -2.05. The molecule has 0 heterocycles. The fourth-order valence-corrected chi connectivity index (χ4v) is 3.16. The molecule has 2 N–H and O–H groups in total. The molecule has 2 rings (SSSR count). The topological polar surface area (TPSA) is 67.4 Å². The van der Waals surface area contributed by atoms with Gasteiger partial charge in [-0.1, -0.05) is 23.7 Å². The second-order valence-electron chi connectivity index (χ2n) is 5.30. The number of anilines is 2. The van der Waals surface area contributed by atoms with Gasteiger partial charge < -0.3 is 15.4 Å². The molecule has 5 nitrogen and oxygen atoms in total. The summed E-state index contributed by atoms with van der Waals surface area (Å²) in [5.41, 5.74) is 2.03. The standard InChI is InChI=1S/C18H18BrClN2O3/c1-3-25-18-15(19)9-13(20)10-16(18)22-17(24)8-12-4-6-14(7-5-12)21-11(2)23/h4-7,9-10H,3,8H2,1-2H3,(H,21,23)(H,22,24). The van der Waals surface area contributed by atoms with Gasteiger partial charge in [0.25, 0.3) is 0 Å². The Morgan fingerprint density at radius 3 is 2.44 bits per heavy atom. The first-order valence-electron chi connectivity index (χ1n) is 7.67. The van der Waals surface area contributed by atoms with Crippen LogP contribution in [0.4, 0.5) is 11.4 Å². The number of hydrogen-bond donors (Lipinski definition) is 2. The highest BCUT2D eigenvalue weighted by Gasteiger charge is 2.13. The third kappa shape index (κ3) is 5.76. The summed E-state index contributed by atoms with van der Waals surface area (Å²) in [7, 11) is 0. The summed E-state index contributed by atoms with van der Waals surface area (Å²) in [5, 5.41) is 6.00. The third-order valence-electron chi connectivity index (χ3n) is 3.21. The summed E-state index contributed by atoms with van der Waals surface area (Å²) in [5.74, 6) is 0.212. The summed E-state index contributed by atoms with van der Waals surface area (Å²) in [6, 6.07) is 10.5. The largest absolute Gasteiger partial charge is 0.491 e. The maximum absolute atomic E-state index is 12.3. The van der Waals surface area contributed by atoms with Crippen LogP contribution in [0, 0.1) is 0 Å². The average Bonchev–Trinajstić information content (AvgIpc) is 2.52. The second kappa shape index (κ2) is 8.87. The lowest BCUT2D eigenvalue weighted by molar-refractivity contribution is -0.116. The van der Waals surface area contributed by atoms with Crippen LogP contribution in [0.2, 0.25) is 5.02 Å². The van der Waals surface area contributed by atoms with E-state index in [1.807, 2.05) is 6.92 Å². The SMILES string of the molecule is CCOc1c(Br)cc(Cl)cc1NC(=O)Cc1ccc(NC(C)=O)cc1. The number of carbonyl (C=O) groups excluding carboxylic acids is 2. The Morgan fingerprint density at radius 2 is 1.84 bits per heavy atom. The molecular weight excluding hydrogens is 408 g/mol. The number of benzene rings is 2. The molecule has 2 amide bonds. The number of nitrogens with one attached hydrogen (secondary N) is 2. The van der Waals surface area contributed by atoms with Gasteiger partial charge in [-0.2, -0.15) is 0 Å². The Kier molecular flexibility index (Phi) is 6.84. The highest BCUT2D eigenvalue weighted by molar-refractivity contribution is 9.10. The highest BCUT2D eigenvalue weighted by Crippen LogP contribution is 2.36. The molecule has 2 aromatic rings. The number of amides is 2. The molecule has 25 heavy (non-hydrogen) atoms. The summed E-state index contributed by atoms with van der Waals surface area (Å²) < 4.78 is 6.24. The molecule has 0 saturated carbocycles. The van der Waals surface area contributed by atoms with Crippen LogP contribution >= 0.6 is 27.5 Å². The van der Waals surface area contributed by atoms with Gasteiger partial charge >= 0.3 is 0 Å². The van der Waals surface area contributed by atoms with Crippen LogP contribution in [0.25, 0.3) is 0 Å². The molecule has 0 unspecified atom stereocenters. The van der Waals surface area contributed by atoms with E-state index < -0.39 is 0 Å². The minimum atomic E-state index is -0.192. The van der Waals surface area contributed by atoms with Crippen molar-refractivity contribution in [3.63, 3.8) is 0 Å². The first-order valence-corrected chi connectivity index (χ1v) is 8.84. The summed E-state index contributed by atoms with van der Waals surface area (Å²) in [6.45, 7) is 3.78. The van der Waals surface area contributed by atoms with Gasteiger partial charge in [0.15, 0.2) is 5.75 Å². The van der Waals surface area contributed by atoms with Crippen LogP contribution in [-0.4, -0.2) is 18.4 Å². The van der Waals surface area contributed by atoms with Crippen molar-refractivity contribution in [2.45, 2.75) is 20.3 Å². The molecular formula is C18H18BrClN2O3. The average molecular weight is 426 g/mol. The van der Waals surface area contributed by atoms with Crippen LogP contribution < -0.4 is 15.4 Å². The van der Waals surface area contributed by atoms with E-state index in [-0.39, 0.29) is 18.2 Å². The molecule has 0 aliphatic rings. The summed E-state index contributed by atoms with van der Waals surface area (Å²) in [6.07, 6.45) is 0.191. The van der Waals surface area contributed by atoms with Gasteiger partial charge in [-0.15, -0.1) is 0 Å². The molecule has 0 bridgehead atoms. The van der Waals surface area contributed by atoms with Crippen LogP contribution in [-0.2, 0) is 16.0 Å². The zero-order valence-corrected chi connectivity index (χ0v) is 16.2. The van der Waals surface area contributed by atoms with E-state index in [1.54, 1.807) is 36.4 Å². The number of ether oxygens (including phenoxy) is 1. The highest BCUT2D eigenvalue weighted by atomic mass is 79.9. The molecule has 2 aromatic carbocycles. The lowest BCUT2D eigenvalue weighted by Gasteiger charge is -2.14. The Morgan fingerprint density at radius 1 is 1.16 bits per heavy atom. The van der Waals surface area contributed by atoms with Gasteiger partial charge in [-0.3, -0.25) is 9.59 Å². The third-order valence-corrected chi connectivity index (χ3v) is 4.02. The molecule has 7 heteroatoms. The quantitative estimate of drug-likeness (QED) is 0.708. The minimum Gasteiger partial charge on any atom is -0.491 e. The molecule has 0 aliphatic carbocycles. The monoisotopic (exact) mass is 424 g/mol. The van der Waals surface area contributed by atoms with Gasteiger partial charge in [0.1, 0.15) is 0 Å². The van der Waals surface area contributed by atoms with E-state index in [2.05, 4.69) is 26.6 Å². The van der Waals surface area contributed by atoms with Crippen molar-refractivity contribution in [2.24, 2.45) is 0 Å². The molecule has 0 aliphatic heterocycles. The number of halogens is 2. The van der Waals surface area contributed by atoms with Gasteiger partial charge in [0.2, 0.25) is 11.8 Å². The van der Waals surface area contributed by atoms with Crippen LogP contribution in [0.15, 0.2) is 40.9 Å². The fraction of sp³-hybridized carbons (Fsp3) is 0.222. The molecule has 0 aromatic heterocycles. The van der Waals surface area contributed by atoms with E-state index in [1.165, 1.54) is 6.92 Å². The van der Waals surface area contributed by atoms with Gasteiger partial charge in [-0.25, -0.2) is 0 Å². The lowest BCUT2D eigenvalue weighted by Crippen LogP contribution is -2.15. The van der Waals surface area contributed by atoms with Crippen molar-refractivity contribution < 1.29 is 14.3 Å². The van der Waals surface area contributed by atoms with Gasteiger partial charge in [0.05, 0.1) is 23.2 Å². The minimum absolute atomic E-state index is 0.138. The van der Waals surface area contributed by atoms with Crippen molar-refractivity contribution in [3.05, 3.63) is 51.5 Å². The van der Waals surface area contributed by atoms with Crippen LogP contribution in [0.3, 0.4) is 0 Å². The molecule has 132 valence electrons. The number of rotatable bonds is 6. The number of hydrogen-bond acceptors (Lipinski definition) is 3. The Balaban J connectivity index is 2.08. The predicted octanol–water partition coefficient (Wildman–Crippen LogP) is 4.64.